The molecule has 3 amide bonds. The highest BCUT2D eigenvalue weighted by Gasteiger charge is 2.54. The number of alkyl halides is 1. The van der Waals surface area contributed by atoms with Gasteiger partial charge in [0.1, 0.15) is 11.9 Å². The highest BCUT2D eigenvalue weighted by molar-refractivity contribution is 6.18. The molecule has 192 valence electrons. The number of benzene rings is 2. The van der Waals surface area contributed by atoms with Crippen LogP contribution < -0.4 is 0 Å². The van der Waals surface area contributed by atoms with Gasteiger partial charge in [-0.3, -0.25) is 29.3 Å². The standard InChI is InChI=1S/C26H23ClFN3O6/c1-15-3-2-4-20-22(15)26(35)30(25(20)34)29(24(33)17-7-11-19(12-8-17)31(36)37)21(13-14-27)23(32)16-5-9-18(28)10-6-16/h2-3,5-12,15,20-22H,4,13-14H2,1H3/t15-,20+,21-,22+/m1/s1. The summed E-state index contributed by atoms with van der Waals surface area (Å²) >= 11 is 6.00. The Labute approximate surface area is 216 Å². The number of ketones is 1. The summed E-state index contributed by atoms with van der Waals surface area (Å²) in [5.74, 6) is -5.08. The van der Waals surface area contributed by atoms with Gasteiger partial charge in [0.25, 0.3) is 23.4 Å². The summed E-state index contributed by atoms with van der Waals surface area (Å²) in [6.07, 6.45) is 3.83. The number of Topliss-reactive ketones (excluding diaryl/α,β-unsaturated/α-hetero) is 1. The van der Waals surface area contributed by atoms with Crippen molar-refractivity contribution < 1.29 is 28.5 Å². The van der Waals surface area contributed by atoms with E-state index < -0.39 is 52.1 Å². The fraction of sp³-hybridized carbons (Fsp3) is 0.308. The zero-order valence-corrected chi connectivity index (χ0v) is 20.5. The predicted molar refractivity (Wildman–Crippen MR) is 131 cm³/mol. The Kier molecular flexibility index (Phi) is 7.49. The molecule has 0 saturated carbocycles. The number of rotatable bonds is 8. The molecular formula is C26H23ClFN3O6. The molecule has 2 aromatic carbocycles. The number of hydrogen-bond acceptors (Lipinski definition) is 6. The minimum Gasteiger partial charge on any atom is -0.292 e. The third-order valence-electron chi connectivity index (χ3n) is 6.71. The van der Waals surface area contributed by atoms with Crippen LogP contribution in [0.4, 0.5) is 10.1 Å². The van der Waals surface area contributed by atoms with Crippen molar-refractivity contribution in [1.29, 1.82) is 0 Å². The molecule has 0 spiro atoms. The number of nitro groups is 1. The lowest BCUT2D eigenvalue weighted by Crippen LogP contribution is -2.57. The first-order valence-electron chi connectivity index (χ1n) is 11.6. The van der Waals surface area contributed by atoms with Crippen LogP contribution in [0.5, 0.6) is 0 Å². The Balaban J connectivity index is 1.81. The lowest BCUT2D eigenvalue weighted by molar-refractivity contribution is -0.384. The van der Waals surface area contributed by atoms with E-state index in [-0.39, 0.29) is 35.0 Å². The lowest BCUT2D eigenvalue weighted by Gasteiger charge is -2.36. The molecule has 4 rings (SSSR count). The average Bonchev–Trinajstić information content (AvgIpc) is 3.14. The molecule has 11 heteroatoms. The average molecular weight is 528 g/mol. The number of amides is 3. The summed E-state index contributed by atoms with van der Waals surface area (Å²) in [6.45, 7) is 1.80. The van der Waals surface area contributed by atoms with Crippen LogP contribution in [0.1, 0.15) is 40.5 Å². The summed E-state index contributed by atoms with van der Waals surface area (Å²) in [5, 5.41) is 12.6. The Morgan fingerprint density at radius 1 is 1.11 bits per heavy atom. The molecule has 9 nitrogen and oxygen atoms in total. The van der Waals surface area contributed by atoms with E-state index in [0.717, 1.165) is 34.3 Å². The molecule has 0 aromatic heterocycles. The minimum atomic E-state index is -1.37. The van der Waals surface area contributed by atoms with Crippen molar-refractivity contribution in [1.82, 2.24) is 10.0 Å². The van der Waals surface area contributed by atoms with Crippen molar-refractivity contribution in [3.63, 3.8) is 0 Å². The molecule has 1 aliphatic heterocycles. The molecule has 0 unspecified atom stereocenters. The van der Waals surface area contributed by atoms with E-state index in [1.165, 1.54) is 24.3 Å². The monoisotopic (exact) mass is 527 g/mol. The molecule has 0 radical (unpaired) electrons. The normalized spacial score (nSPS) is 21.5. The number of carbonyl (C=O) groups excluding carboxylic acids is 4. The Morgan fingerprint density at radius 2 is 1.73 bits per heavy atom. The van der Waals surface area contributed by atoms with Crippen molar-refractivity contribution in [2.45, 2.75) is 25.8 Å². The number of halogens is 2. The van der Waals surface area contributed by atoms with Crippen molar-refractivity contribution in [2.24, 2.45) is 17.8 Å². The highest BCUT2D eigenvalue weighted by Crippen LogP contribution is 2.40. The molecule has 0 bridgehead atoms. The van der Waals surface area contributed by atoms with Crippen LogP contribution >= 0.6 is 11.6 Å². The summed E-state index contributed by atoms with van der Waals surface area (Å²) in [7, 11) is 0. The van der Waals surface area contributed by atoms with Gasteiger partial charge < -0.3 is 0 Å². The Hall–Kier alpha value is -3.92. The molecule has 1 saturated heterocycles. The molecule has 2 aromatic rings. The van der Waals surface area contributed by atoms with Crippen molar-refractivity contribution in [2.75, 3.05) is 5.88 Å². The summed E-state index contributed by atoms with van der Waals surface area (Å²) < 4.78 is 13.5. The molecule has 1 fully saturated rings. The molecule has 2 aliphatic rings. The Bertz CT molecular complexity index is 1280. The molecule has 0 N–H and O–H groups in total. The zero-order chi connectivity index (χ0) is 26.9. The van der Waals surface area contributed by atoms with E-state index in [1.807, 2.05) is 12.2 Å². The number of imide groups is 1. The number of nitro benzene ring substituents is 1. The third-order valence-corrected chi connectivity index (χ3v) is 6.93. The lowest BCUT2D eigenvalue weighted by atomic mass is 9.78. The van der Waals surface area contributed by atoms with Crippen LogP contribution in [-0.2, 0) is 9.59 Å². The summed E-state index contributed by atoms with van der Waals surface area (Å²) in [6, 6.07) is 7.89. The maximum Gasteiger partial charge on any atom is 0.273 e. The summed E-state index contributed by atoms with van der Waals surface area (Å²) in [4.78, 5) is 65.0. The van der Waals surface area contributed by atoms with Gasteiger partial charge in [-0.05, 0) is 55.2 Å². The maximum atomic E-state index is 13.8. The fourth-order valence-corrected chi connectivity index (χ4v) is 5.05. The number of allylic oxidation sites excluding steroid dienone is 2. The fourth-order valence-electron chi connectivity index (χ4n) is 4.85. The van der Waals surface area contributed by atoms with Gasteiger partial charge in [0, 0.05) is 29.1 Å². The van der Waals surface area contributed by atoms with E-state index in [9.17, 15) is 33.7 Å². The zero-order valence-electron chi connectivity index (χ0n) is 19.8. The van der Waals surface area contributed by atoms with Gasteiger partial charge in [0.2, 0.25) is 0 Å². The number of fused-ring (bicyclic) bond motifs is 1. The summed E-state index contributed by atoms with van der Waals surface area (Å²) in [5.41, 5.74) is -0.273. The second-order valence-electron chi connectivity index (χ2n) is 8.96. The van der Waals surface area contributed by atoms with E-state index in [2.05, 4.69) is 0 Å². The minimum absolute atomic E-state index is 0.0598. The van der Waals surface area contributed by atoms with Gasteiger partial charge in [-0.25, -0.2) is 9.40 Å². The van der Waals surface area contributed by atoms with Crippen LogP contribution in [0.3, 0.4) is 0 Å². The van der Waals surface area contributed by atoms with Crippen molar-refractivity contribution >= 4 is 40.8 Å². The maximum absolute atomic E-state index is 13.8. The van der Waals surface area contributed by atoms with Crippen molar-refractivity contribution in [3.8, 4) is 0 Å². The number of nitrogens with zero attached hydrogens (tertiary/aromatic N) is 3. The molecule has 4 atom stereocenters. The first kappa shape index (κ1) is 26.2. The first-order valence-corrected chi connectivity index (χ1v) is 12.2. The highest BCUT2D eigenvalue weighted by atomic mass is 35.5. The number of carbonyl (C=O) groups is 4. The smallest absolute Gasteiger partial charge is 0.273 e. The molecule has 1 aliphatic carbocycles. The largest absolute Gasteiger partial charge is 0.292 e. The van der Waals surface area contributed by atoms with Gasteiger partial charge in [-0.2, -0.15) is 5.01 Å². The van der Waals surface area contributed by atoms with Gasteiger partial charge in [-0.1, -0.05) is 19.1 Å². The van der Waals surface area contributed by atoms with Gasteiger partial charge in [0.15, 0.2) is 5.78 Å². The number of hydrazine groups is 1. The van der Waals surface area contributed by atoms with Crippen molar-refractivity contribution in [3.05, 3.63) is 87.7 Å². The van der Waals surface area contributed by atoms with E-state index in [1.54, 1.807) is 6.92 Å². The second kappa shape index (κ2) is 10.6. The van der Waals surface area contributed by atoms with E-state index in [0.29, 0.717) is 6.42 Å². The molecule has 37 heavy (non-hydrogen) atoms. The number of hydrogen-bond donors (Lipinski definition) is 0. The van der Waals surface area contributed by atoms with Crippen LogP contribution in [0.15, 0.2) is 60.7 Å². The van der Waals surface area contributed by atoms with Crippen LogP contribution in [0.25, 0.3) is 0 Å². The molecule has 1 heterocycles. The quantitative estimate of drug-likeness (QED) is 0.127. The predicted octanol–water partition coefficient (Wildman–Crippen LogP) is 4.17. The topological polar surface area (TPSA) is 118 Å². The van der Waals surface area contributed by atoms with E-state index in [4.69, 9.17) is 11.6 Å². The van der Waals surface area contributed by atoms with Crippen LogP contribution in [0, 0.1) is 33.7 Å². The van der Waals surface area contributed by atoms with E-state index >= 15 is 0 Å². The molecular weight excluding hydrogens is 505 g/mol. The number of non-ortho nitro benzene ring substituents is 1. The van der Waals surface area contributed by atoms with Crippen LogP contribution in [0.2, 0.25) is 0 Å². The Morgan fingerprint density at radius 3 is 2.30 bits per heavy atom. The van der Waals surface area contributed by atoms with Gasteiger partial charge >= 0.3 is 0 Å². The third kappa shape index (κ3) is 4.89. The first-order chi connectivity index (χ1) is 17.6. The SMILES string of the molecule is C[C@@H]1C=CC[C@@H]2C(=O)N(N(C(=O)c3ccc([N+](=O)[O-])cc3)[C@H](CCCl)C(=O)c3ccc(F)cc3)C(=O)[C@@H]12. The van der Waals surface area contributed by atoms with Gasteiger partial charge in [0.05, 0.1) is 16.8 Å². The second-order valence-corrected chi connectivity index (χ2v) is 9.34. The van der Waals surface area contributed by atoms with Gasteiger partial charge in [-0.15, -0.1) is 11.6 Å². The van der Waals surface area contributed by atoms with Crippen LogP contribution in [-0.4, -0.2) is 50.4 Å².